The van der Waals surface area contributed by atoms with Crippen molar-refractivity contribution in [1.29, 1.82) is 0 Å². The van der Waals surface area contributed by atoms with Crippen LogP contribution < -0.4 is 21.3 Å². The molecule has 4 N–H and O–H groups in total. The van der Waals surface area contributed by atoms with Gasteiger partial charge in [-0.2, -0.15) is 0 Å². The molecule has 160 valence electrons. The lowest BCUT2D eigenvalue weighted by molar-refractivity contribution is -0.127. The van der Waals surface area contributed by atoms with Crippen LogP contribution in [0, 0.1) is 19.8 Å². The summed E-state index contributed by atoms with van der Waals surface area (Å²) in [6.07, 6.45) is 1.68. The first-order valence-corrected chi connectivity index (χ1v) is 9.16. The van der Waals surface area contributed by atoms with E-state index in [-0.39, 0.29) is 55.1 Å². The van der Waals surface area contributed by atoms with Crippen LogP contribution in [-0.4, -0.2) is 53.5 Å². The maximum Gasteiger partial charge on any atom is 0.239 e. The molecular weight excluding hydrogens is 403 g/mol. The number of nitrogens with zero attached hydrogens (tertiary/aromatic N) is 3. The number of piperidine rings is 1. The Morgan fingerprint density at radius 1 is 1.21 bits per heavy atom. The van der Waals surface area contributed by atoms with E-state index in [2.05, 4.69) is 25.5 Å². The number of carbonyl (C=O) groups is 2. The average molecular weight is 435 g/mol. The van der Waals surface area contributed by atoms with Crippen molar-refractivity contribution in [1.82, 2.24) is 20.6 Å². The van der Waals surface area contributed by atoms with E-state index >= 15 is 0 Å². The number of carbonyl (C=O) groups excluding carboxylic acids is 2. The molecule has 0 bridgehead atoms. The van der Waals surface area contributed by atoms with Crippen molar-refractivity contribution in [2.24, 2.45) is 11.7 Å². The van der Waals surface area contributed by atoms with E-state index in [9.17, 15) is 9.59 Å². The fraction of sp³-hybridized carbons (Fsp3) is 0.667. The number of aryl methyl sites for hydroxylation is 2. The van der Waals surface area contributed by atoms with E-state index < -0.39 is 6.04 Å². The first-order chi connectivity index (χ1) is 12.3. The van der Waals surface area contributed by atoms with Gasteiger partial charge in [0.15, 0.2) is 0 Å². The SMILES string of the molecule is Cc1cc(N2CCC(NC(=O)CNC(=O)[C@@H](N)C(C)C)CC2)nc(C)n1.Cl.Cl. The van der Waals surface area contributed by atoms with Crippen molar-refractivity contribution >= 4 is 42.4 Å². The molecular formula is C18H32Cl2N6O2. The van der Waals surface area contributed by atoms with E-state index in [0.717, 1.165) is 43.3 Å². The Morgan fingerprint density at radius 3 is 2.36 bits per heavy atom. The number of amides is 2. The van der Waals surface area contributed by atoms with Crippen LogP contribution in [0.5, 0.6) is 0 Å². The molecule has 1 saturated heterocycles. The molecule has 0 radical (unpaired) electrons. The Labute approximate surface area is 179 Å². The molecule has 0 aliphatic carbocycles. The van der Waals surface area contributed by atoms with Gasteiger partial charge in [-0.05, 0) is 32.6 Å². The molecule has 1 aromatic heterocycles. The van der Waals surface area contributed by atoms with Gasteiger partial charge >= 0.3 is 0 Å². The molecule has 1 aliphatic heterocycles. The predicted octanol–water partition coefficient (Wildman–Crippen LogP) is 1.12. The Bertz CT molecular complexity index is 631. The summed E-state index contributed by atoms with van der Waals surface area (Å²) < 4.78 is 0. The van der Waals surface area contributed by atoms with Gasteiger partial charge in [0.25, 0.3) is 0 Å². The van der Waals surface area contributed by atoms with Crippen LogP contribution in [0.4, 0.5) is 5.82 Å². The van der Waals surface area contributed by atoms with E-state index in [1.54, 1.807) is 0 Å². The summed E-state index contributed by atoms with van der Waals surface area (Å²) in [5, 5.41) is 5.58. The van der Waals surface area contributed by atoms with Gasteiger partial charge in [-0.15, -0.1) is 24.8 Å². The molecule has 1 aliphatic rings. The molecule has 1 aromatic rings. The van der Waals surface area contributed by atoms with Gasteiger partial charge in [0, 0.05) is 30.9 Å². The minimum Gasteiger partial charge on any atom is -0.356 e. The van der Waals surface area contributed by atoms with Crippen LogP contribution in [0.15, 0.2) is 6.07 Å². The van der Waals surface area contributed by atoms with Crippen LogP contribution in [-0.2, 0) is 9.59 Å². The second kappa shape index (κ2) is 12.0. The monoisotopic (exact) mass is 434 g/mol. The summed E-state index contributed by atoms with van der Waals surface area (Å²) in [4.78, 5) is 34.9. The fourth-order valence-electron chi connectivity index (χ4n) is 2.98. The maximum atomic E-state index is 12.0. The smallest absolute Gasteiger partial charge is 0.239 e. The highest BCUT2D eigenvalue weighted by atomic mass is 35.5. The molecule has 8 nitrogen and oxygen atoms in total. The minimum atomic E-state index is -0.592. The van der Waals surface area contributed by atoms with Gasteiger partial charge in [-0.3, -0.25) is 9.59 Å². The number of halogens is 2. The van der Waals surface area contributed by atoms with Gasteiger partial charge in [-0.1, -0.05) is 13.8 Å². The number of hydrogen-bond acceptors (Lipinski definition) is 6. The van der Waals surface area contributed by atoms with Gasteiger partial charge < -0.3 is 21.3 Å². The highest BCUT2D eigenvalue weighted by Crippen LogP contribution is 2.18. The summed E-state index contributed by atoms with van der Waals surface area (Å²) in [6.45, 7) is 9.21. The lowest BCUT2D eigenvalue weighted by Crippen LogP contribution is -2.50. The van der Waals surface area contributed by atoms with Crippen LogP contribution in [0.3, 0.4) is 0 Å². The van der Waals surface area contributed by atoms with Crippen LogP contribution in [0.2, 0.25) is 0 Å². The van der Waals surface area contributed by atoms with E-state index in [1.165, 1.54) is 0 Å². The largest absolute Gasteiger partial charge is 0.356 e. The molecule has 10 heteroatoms. The molecule has 2 amide bonds. The van der Waals surface area contributed by atoms with Crippen molar-refractivity contribution in [3.63, 3.8) is 0 Å². The number of anilines is 1. The van der Waals surface area contributed by atoms with E-state index in [4.69, 9.17) is 5.73 Å². The van der Waals surface area contributed by atoms with Crippen LogP contribution >= 0.6 is 24.8 Å². The third-order valence-electron chi connectivity index (χ3n) is 4.58. The second-order valence-electron chi connectivity index (χ2n) is 7.23. The lowest BCUT2D eigenvalue weighted by atomic mass is 10.0. The zero-order valence-electron chi connectivity index (χ0n) is 16.9. The summed E-state index contributed by atoms with van der Waals surface area (Å²) in [5.41, 5.74) is 6.72. The topological polar surface area (TPSA) is 113 Å². The normalized spacial score (nSPS) is 15.3. The average Bonchev–Trinajstić information content (AvgIpc) is 2.58. The number of rotatable bonds is 6. The first-order valence-electron chi connectivity index (χ1n) is 9.16. The second-order valence-corrected chi connectivity index (χ2v) is 7.23. The molecule has 2 rings (SSSR count). The Morgan fingerprint density at radius 2 is 1.82 bits per heavy atom. The van der Waals surface area contributed by atoms with Crippen LogP contribution in [0.1, 0.15) is 38.2 Å². The van der Waals surface area contributed by atoms with Crippen molar-refractivity contribution in [2.75, 3.05) is 24.5 Å². The number of hydrogen-bond donors (Lipinski definition) is 3. The zero-order chi connectivity index (χ0) is 19.3. The Kier molecular flexibility index (Phi) is 11.3. The third-order valence-corrected chi connectivity index (χ3v) is 4.58. The van der Waals surface area contributed by atoms with Gasteiger partial charge in [0.2, 0.25) is 11.8 Å². The molecule has 0 aromatic carbocycles. The Hall–Kier alpha value is -1.64. The predicted molar refractivity (Wildman–Crippen MR) is 115 cm³/mol. The van der Waals surface area contributed by atoms with Crippen molar-refractivity contribution in [3.8, 4) is 0 Å². The van der Waals surface area contributed by atoms with E-state index in [0.29, 0.717) is 0 Å². The Balaban J connectivity index is 0.00000364. The fourth-order valence-corrected chi connectivity index (χ4v) is 2.98. The summed E-state index contributed by atoms with van der Waals surface area (Å²) >= 11 is 0. The standard InChI is InChI=1S/C18H30N6O2.2ClH/c1-11(2)17(19)18(26)20-10-16(25)23-14-5-7-24(8-6-14)15-9-12(3)21-13(4)22-15;;/h9,11,14,17H,5-8,10,19H2,1-4H3,(H,20,26)(H,23,25);2*1H/t17-;;/m0../s1. The van der Waals surface area contributed by atoms with Crippen molar-refractivity contribution < 1.29 is 9.59 Å². The van der Waals surface area contributed by atoms with E-state index in [1.807, 2.05) is 33.8 Å². The number of nitrogens with one attached hydrogen (secondary N) is 2. The third kappa shape index (κ3) is 7.77. The molecule has 28 heavy (non-hydrogen) atoms. The van der Waals surface area contributed by atoms with Crippen molar-refractivity contribution in [2.45, 2.75) is 52.6 Å². The summed E-state index contributed by atoms with van der Waals surface area (Å²) in [7, 11) is 0. The van der Waals surface area contributed by atoms with Crippen molar-refractivity contribution in [3.05, 3.63) is 17.6 Å². The maximum absolute atomic E-state index is 12.0. The zero-order valence-corrected chi connectivity index (χ0v) is 18.5. The number of aromatic nitrogens is 2. The summed E-state index contributed by atoms with van der Waals surface area (Å²) in [6, 6.07) is 1.50. The highest BCUT2D eigenvalue weighted by Gasteiger charge is 2.23. The van der Waals surface area contributed by atoms with Crippen LogP contribution in [0.25, 0.3) is 0 Å². The molecule has 1 fully saturated rings. The van der Waals surface area contributed by atoms with Gasteiger partial charge in [0.1, 0.15) is 11.6 Å². The van der Waals surface area contributed by atoms with Gasteiger partial charge in [-0.25, -0.2) is 9.97 Å². The summed E-state index contributed by atoms with van der Waals surface area (Å²) in [5.74, 6) is 1.28. The molecule has 0 saturated carbocycles. The highest BCUT2D eigenvalue weighted by molar-refractivity contribution is 5.87. The molecule has 1 atom stereocenters. The molecule has 2 heterocycles. The minimum absolute atomic E-state index is 0. The quantitative estimate of drug-likeness (QED) is 0.617. The molecule has 0 unspecified atom stereocenters. The first kappa shape index (κ1) is 26.4. The molecule has 0 spiro atoms. The van der Waals surface area contributed by atoms with Gasteiger partial charge in [0.05, 0.1) is 12.6 Å². The number of nitrogens with two attached hydrogens (primary N) is 1. The lowest BCUT2D eigenvalue weighted by Gasteiger charge is -2.33.